The summed E-state index contributed by atoms with van der Waals surface area (Å²) in [6.07, 6.45) is 1.08. The summed E-state index contributed by atoms with van der Waals surface area (Å²) in [5.74, 6) is 0.485. The fraction of sp³-hybridized carbons (Fsp3) is 0.556. The van der Waals surface area contributed by atoms with Gasteiger partial charge in [-0.15, -0.1) is 22.9 Å². The molecule has 2 unspecified atom stereocenters. The molecule has 0 spiro atoms. The summed E-state index contributed by atoms with van der Waals surface area (Å²) in [6, 6.07) is 2.01. The van der Waals surface area contributed by atoms with E-state index in [1.807, 2.05) is 11.4 Å². The minimum absolute atomic E-state index is 0.0637. The highest BCUT2D eigenvalue weighted by Gasteiger charge is 2.18. The van der Waals surface area contributed by atoms with Crippen molar-refractivity contribution in [3.63, 3.8) is 0 Å². The number of hydrogen-bond acceptors (Lipinski definition) is 1. The van der Waals surface area contributed by atoms with E-state index >= 15 is 0 Å². The summed E-state index contributed by atoms with van der Waals surface area (Å²) in [7, 11) is 0. The Bertz CT molecular complexity index is 244. The van der Waals surface area contributed by atoms with E-state index in [0.29, 0.717) is 5.92 Å². The molecule has 0 amide bonds. The molecular formula is C9H12Cl2S. The van der Waals surface area contributed by atoms with E-state index in [-0.39, 0.29) is 5.38 Å². The highest BCUT2D eigenvalue weighted by molar-refractivity contribution is 7.14. The lowest BCUT2D eigenvalue weighted by Gasteiger charge is -2.15. The Morgan fingerprint density at radius 1 is 1.58 bits per heavy atom. The van der Waals surface area contributed by atoms with E-state index in [9.17, 15) is 0 Å². The molecule has 1 rings (SSSR count). The summed E-state index contributed by atoms with van der Waals surface area (Å²) < 4.78 is 0.829. The van der Waals surface area contributed by atoms with Crippen molar-refractivity contribution >= 4 is 34.5 Å². The maximum absolute atomic E-state index is 6.23. The van der Waals surface area contributed by atoms with Gasteiger partial charge in [-0.1, -0.05) is 31.9 Å². The number of hydrogen-bond donors (Lipinski definition) is 0. The van der Waals surface area contributed by atoms with Crippen molar-refractivity contribution in [2.75, 3.05) is 0 Å². The first-order valence-electron chi connectivity index (χ1n) is 4.03. The molecule has 0 N–H and O–H groups in total. The van der Waals surface area contributed by atoms with Gasteiger partial charge in [0.25, 0.3) is 0 Å². The molecule has 0 saturated heterocycles. The first-order chi connectivity index (χ1) is 5.66. The van der Waals surface area contributed by atoms with Gasteiger partial charge >= 0.3 is 0 Å². The fourth-order valence-electron chi connectivity index (χ4n) is 1.01. The summed E-state index contributed by atoms with van der Waals surface area (Å²) in [6.45, 7) is 4.28. The minimum Gasteiger partial charge on any atom is -0.132 e. The molecule has 0 nitrogen and oxygen atoms in total. The maximum Gasteiger partial charge on any atom is 0.0975 e. The quantitative estimate of drug-likeness (QED) is 0.650. The molecule has 12 heavy (non-hydrogen) atoms. The van der Waals surface area contributed by atoms with Gasteiger partial charge in [0.05, 0.1) is 9.71 Å². The molecule has 0 radical (unpaired) electrons. The smallest absolute Gasteiger partial charge is 0.0975 e. The fourth-order valence-corrected chi connectivity index (χ4v) is 2.50. The van der Waals surface area contributed by atoms with Gasteiger partial charge < -0.3 is 0 Å². The van der Waals surface area contributed by atoms with Crippen molar-refractivity contribution < 1.29 is 0 Å². The Balaban J connectivity index is 2.77. The molecule has 0 aliphatic heterocycles. The van der Waals surface area contributed by atoms with Crippen LogP contribution in [0.4, 0.5) is 0 Å². The zero-order valence-corrected chi connectivity index (χ0v) is 9.51. The standard InChI is InChI=1S/C9H12Cl2S/c1-3-6(2)8(10)7-4-5-12-9(7)11/h4-6,8H,3H2,1-2H3. The average molecular weight is 223 g/mol. The topological polar surface area (TPSA) is 0 Å². The Morgan fingerprint density at radius 2 is 2.25 bits per heavy atom. The SMILES string of the molecule is CCC(C)C(Cl)c1ccsc1Cl. The van der Waals surface area contributed by atoms with E-state index in [2.05, 4.69) is 13.8 Å². The molecule has 0 fully saturated rings. The molecule has 0 aliphatic carbocycles. The molecule has 1 aromatic heterocycles. The van der Waals surface area contributed by atoms with E-state index in [1.165, 1.54) is 0 Å². The monoisotopic (exact) mass is 222 g/mol. The molecule has 2 atom stereocenters. The molecule has 68 valence electrons. The number of alkyl halides is 1. The summed E-state index contributed by atoms with van der Waals surface area (Å²) in [5.41, 5.74) is 1.08. The van der Waals surface area contributed by atoms with Gasteiger partial charge in [-0.2, -0.15) is 0 Å². The predicted molar refractivity (Wildman–Crippen MR) is 57.4 cm³/mol. The van der Waals surface area contributed by atoms with Crippen molar-refractivity contribution in [3.8, 4) is 0 Å². The van der Waals surface area contributed by atoms with Crippen LogP contribution in [0.3, 0.4) is 0 Å². The van der Waals surface area contributed by atoms with Gasteiger partial charge in [-0.25, -0.2) is 0 Å². The zero-order valence-electron chi connectivity index (χ0n) is 7.18. The third-order valence-electron chi connectivity index (χ3n) is 2.09. The normalized spacial score (nSPS) is 16.0. The van der Waals surface area contributed by atoms with Crippen LogP contribution < -0.4 is 0 Å². The van der Waals surface area contributed by atoms with Crippen molar-refractivity contribution in [2.24, 2.45) is 5.92 Å². The Hall–Kier alpha value is 0.280. The van der Waals surface area contributed by atoms with Crippen LogP contribution in [0.15, 0.2) is 11.4 Å². The van der Waals surface area contributed by atoms with Gasteiger partial charge in [-0.3, -0.25) is 0 Å². The van der Waals surface area contributed by atoms with Gasteiger partial charge in [-0.05, 0) is 22.9 Å². The van der Waals surface area contributed by atoms with Crippen LogP contribution in [0.1, 0.15) is 31.2 Å². The van der Waals surface area contributed by atoms with E-state index in [4.69, 9.17) is 23.2 Å². The van der Waals surface area contributed by atoms with Gasteiger partial charge in [0.2, 0.25) is 0 Å². The average Bonchev–Trinajstić information content (AvgIpc) is 2.48. The van der Waals surface area contributed by atoms with E-state index < -0.39 is 0 Å². The number of thiophene rings is 1. The van der Waals surface area contributed by atoms with Crippen molar-refractivity contribution in [3.05, 3.63) is 21.3 Å². The lowest BCUT2D eigenvalue weighted by atomic mass is 10.0. The van der Waals surface area contributed by atoms with Crippen LogP contribution in [0.25, 0.3) is 0 Å². The van der Waals surface area contributed by atoms with Crippen LogP contribution in [-0.2, 0) is 0 Å². The second-order valence-electron chi connectivity index (χ2n) is 2.94. The highest BCUT2D eigenvalue weighted by Crippen LogP contribution is 2.37. The third kappa shape index (κ3) is 2.15. The molecule has 0 aliphatic rings. The molecule has 0 saturated carbocycles. The summed E-state index contributed by atoms with van der Waals surface area (Å²) in [4.78, 5) is 0. The highest BCUT2D eigenvalue weighted by atomic mass is 35.5. The minimum atomic E-state index is 0.0637. The van der Waals surface area contributed by atoms with Gasteiger partial charge in [0.1, 0.15) is 0 Å². The third-order valence-corrected chi connectivity index (χ3v) is 3.95. The van der Waals surface area contributed by atoms with Crippen molar-refractivity contribution in [2.45, 2.75) is 25.6 Å². The largest absolute Gasteiger partial charge is 0.132 e. The van der Waals surface area contributed by atoms with Gasteiger partial charge in [0, 0.05) is 0 Å². The van der Waals surface area contributed by atoms with Crippen molar-refractivity contribution in [1.82, 2.24) is 0 Å². The van der Waals surface area contributed by atoms with E-state index in [0.717, 1.165) is 16.3 Å². The van der Waals surface area contributed by atoms with E-state index in [1.54, 1.807) is 11.3 Å². The maximum atomic E-state index is 6.23. The number of rotatable bonds is 3. The second-order valence-corrected chi connectivity index (χ2v) is 4.93. The molecule has 0 bridgehead atoms. The molecule has 3 heteroatoms. The lowest BCUT2D eigenvalue weighted by molar-refractivity contribution is 0.543. The Morgan fingerprint density at radius 3 is 2.67 bits per heavy atom. The second kappa shape index (κ2) is 4.50. The predicted octanol–water partition coefficient (Wildman–Crippen LogP) is 4.73. The van der Waals surface area contributed by atoms with Crippen LogP contribution in [0, 0.1) is 5.92 Å². The molecular weight excluding hydrogens is 211 g/mol. The van der Waals surface area contributed by atoms with Crippen molar-refractivity contribution in [1.29, 1.82) is 0 Å². The van der Waals surface area contributed by atoms with Crippen LogP contribution in [0.2, 0.25) is 4.34 Å². The first kappa shape index (κ1) is 10.4. The Kier molecular flexibility index (Phi) is 3.88. The molecule has 1 heterocycles. The van der Waals surface area contributed by atoms with Gasteiger partial charge in [0.15, 0.2) is 0 Å². The Labute approximate surface area is 87.5 Å². The summed E-state index contributed by atoms with van der Waals surface area (Å²) in [5, 5.41) is 2.05. The zero-order chi connectivity index (χ0) is 9.14. The molecule has 0 aromatic carbocycles. The molecule has 1 aromatic rings. The summed E-state index contributed by atoms with van der Waals surface area (Å²) >= 11 is 13.7. The van der Waals surface area contributed by atoms with Crippen LogP contribution >= 0.6 is 34.5 Å². The van der Waals surface area contributed by atoms with Crippen LogP contribution in [0.5, 0.6) is 0 Å². The van der Waals surface area contributed by atoms with Crippen LogP contribution in [-0.4, -0.2) is 0 Å². The number of halogens is 2. The lowest BCUT2D eigenvalue weighted by Crippen LogP contribution is -2.01. The first-order valence-corrected chi connectivity index (χ1v) is 5.73.